The molecular formula is C17H27NS. The molecule has 1 nitrogen and oxygen atoms in total. The summed E-state index contributed by atoms with van der Waals surface area (Å²) in [5.41, 5.74) is 7.82. The van der Waals surface area contributed by atoms with Crippen molar-refractivity contribution in [1.29, 1.82) is 0 Å². The van der Waals surface area contributed by atoms with Gasteiger partial charge in [-0.3, -0.25) is 0 Å². The predicted molar refractivity (Wildman–Crippen MR) is 85.4 cm³/mol. The molecule has 2 heteroatoms. The first kappa shape index (κ1) is 14.9. The number of hydrogen-bond donors (Lipinski definition) is 1. The van der Waals surface area contributed by atoms with Crippen LogP contribution in [0.15, 0.2) is 29.2 Å². The first-order chi connectivity index (χ1) is 9.10. The average Bonchev–Trinajstić information content (AvgIpc) is 2.38. The van der Waals surface area contributed by atoms with Gasteiger partial charge in [0, 0.05) is 10.9 Å². The molecule has 2 rings (SSSR count). The van der Waals surface area contributed by atoms with Crippen molar-refractivity contribution in [1.82, 2.24) is 0 Å². The lowest BCUT2D eigenvalue weighted by Crippen LogP contribution is -2.29. The highest BCUT2D eigenvalue weighted by Gasteiger charge is 2.28. The van der Waals surface area contributed by atoms with Gasteiger partial charge in [-0.15, -0.1) is 11.8 Å². The van der Waals surface area contributed by atoms with Crippen LogP contribution in [0.25, 0.3) is 0 Å². The molecule has 1 aliphatic rings. The minimum Gasteiger partial charge on any atom is -0.324 e. The Morgan fingerprint density at radius 2 is 1.68 bits per heavy atom. The van der Waals surface area contributed by atoms with Crippen molar-refractivity contribution in [3.8, 4) is 0 Å². The fraction of sp³-hybridized carbons (Fsp3) is 0.647. The second-order valence-electron chi connectivity index (χ2n) is 6.21. The second kappa shape index (κ2) is 6.81. The van der Waals surface area contributed by atoms with Gasteiger partial charge in [0.25, 0.3) is 0 Å². The third-order valence-electron chi connectivity index (χ3n) is 4.30. The highest BCUT2D eigenvalue weighted by molar-refractivity contribution is 7.99. The largest absolute Gasteiger partial charge is 0.324 e. The van der Waals surface area contributed by atoms with Gasteiger partial charge in [-0.1, -0.05) is 32.9 Å². The van der Waals surface area contributed by atoms with Crippen LogP contribution in [0.1, 0.15) is 51.6 Å². The van der Waals surface area contributed by atoms with E-state index in [0.717, 1.165) is 17.6 Å². The summed E-state index contributed by atoms with van der Waals surface area (Å²) in [5, 5.41) is 0. The Morgan fingerprint density at radius 3 is 2.21 bits per heavy atom. The van der Waals surface area contributed by atoms with Gasteiger partial charge in [0.05, 0.1) is 0 Å². The molecule has 0 saturated heterocycles. The van der Waals surface area contributed by atoms with Gasteiger partial charge in [-0.05, 0) is 60.5 Å². The van der Waals surface area contributed by atoms with E-state index in [0.29, 0.717) is 5.92 Å². The summed E-state index contributed by atoms with van der Waals surface area (Å²) in [7, 11) is 0. The predicted octanol–water partition coefficient (Wildman–Crippen LogP) is 4.87. The van der Waals surface area contributed by atoms with E-state index in [-0.39, 0.29) is 6.04 Å². The molecule has 1 aromatic rings. The maximum absolute atomic E-state index is 6.51. The van der Waals surface area contributed by atoms with Crippen LogP contribution in [0.5, 0.6) is 0 Å². The van der Waals surface area contributed by atoms with Crippen molar-refractivity contribution in [2.75, 3.05) is 5.75 Å². The summed E-state index contributed by atoms with van der Waals surface area (Å²) in [4.78, 5) is 1.35. The standard InChI is InChI=1S/C17H27NS/c1-4-19-16-7-5-14(6-8-16)17(18)15-10-12(2)9-13(3)11-15/h5-8,12-13,15,17H,4,9-11,18H2,1-3H3. The molecule has 3 unspecified atom stereocenters. The first-order valence-corrected chi connectivity index (χ1v) is 8.57. The highest BCUT2D eigenvalue weighted by Crippen LogP contribution is 2.38. The van der Waals surface area contributed by atoms with E-state index in [4.69, 9.17) is 5.73 Å². The molecular weight excluding hydrogens is 250 g/mol. The van der Waals surface area contributed by atoms with E-state index in [9.17, 15) is 0 Å². The summed E-state index contributed by atoms with van der Waals surface area (Å²) in [6, 6.07) is 9.11. The molecule has 0 aromatic heterocycles. The van der Waals surface area contributed by atoms with Crippen LogP contribution in [0.3, 0.4) is 0 Å². The van der Waals surface area contributed by atoms with Crippen LogP contribution >= 0.6 is 11.8 Å². The molecule has 0 heterocycles. The zero-order valence-corrected chi connectivity index (χ0v) is 13.2. The Kier molecular flexibility index (Phi) is 5.35. The van der Waals surface area contributed by atoms with E-state index < -0.39 is 0 Å². The van der Waals surface area contributed by atoms with Crippen molar-refractivity contribution in [3.05, 3.63) is 29.8 Å². The fourth-order valence-corrected chi connectivity index (χ4v) is 4.19. The summed E-state index contributed by atoms with van der Waals surface area (Å²) in [6.07, 6.45) is 3.95. The maximum atomic E-state index is 6.51. The number of thioether (sulfide) groups is 1. The van der Waals surface area contributed by atoms with Gasteiger partial charge in [-0.25, -0.2) is 0 Å². The lowest BCUT2D eigenvalue weighted by molar-refractivity contribution is 0.193. The third-order valence-corrected chi connectivity index (χ3v) is 5.19. The van der Waals surface area contributed by atoms with Gasteiger partial charge in [0.1, 0.15) is 0 Å². The Morgan fingerprint density at radius 1 is 1.11 bits per heavy atom. The molecule has 0 spiro atoms. The number of hydrogen-bond acceptors (Lipinski definition) is 2. The Hall–Kier alpha value is -0.470. The lowest BCUT2D eigenvalue weighted by atomic mass is 9.73. The van der Waals surface area contributed by atoms with Gasteiger partial charge in [0.2, 0.25) is 0 Å². The highest BCUT2D eigenvalue weighted by atomic mass is 32.2. The molecule has 0 amide bonds. The minimum absolute atomic E-state index is 0.214. The molecule has 2 N–H and O–H groups in total. The van der Waals surface area contributed by atoms with Crippen molar-refractivity contribution in [3.63, 3.8) is 0 Å². The molecule has 3 atom stereocenters. The molecule has 19 heavy (non-hydrogen) atoms. The van der Waals surface area contributed by atoms with Gasteiger partial charge < -0.3 is 5.73 Å². The number of rotatable bonds is 4. The zero-order chi connectivity index (χ0) is 13.8. The SMILES string of the molecule is CCSc1ccc(C(N)C2CC(C)CC(C)C2)cc1. The Bertz CT molecular complexity index is 377. The van der Waals surface area contributed by atoms with E-state index in [2.05, 4.69) is 45.0 Å². The smallest absolute Gasteiger partial charge is 0.0323 e. The van der Waals surface area contributed by atoms with Crippen LogP contribution in [-0.4, -0.2) is 5.75 Å². The maximum Gasteiger partial charge on any atom is 0.0323 e. The van der Waals surface area contributed by atoms with E-state index in [1.165, 1.54) is 29.7 Å². The number of nitrogens with two attached hydrogens (primary N) is 1. The molecule has 1 aliphatic carbocycles. The van der Waals surface area contributed by atoms with Crippen LogP contribution in [0.4, 0.5) is 0 Å². The van der Waals surface area contributed by atoms with Crippen LogP contribution in [0.2, 0.25) is 0 Å². The minimum atomic E-state index is 0.214. The van der Waals surface area contributed by atoms with E-state index in [1.807, 2.05) is 11.8 Å². The first-order valence-electron chi connectivity index (χ1n) is 7.58. The van der Waals surface area contributed by atoms with E-state index in [1.54, 1.807) is 0 Å². The van der Waals surface area contributed by atoms with Crippen molar-refractivity contribution >= 4 is 11.8 Å². The lowest BCUT2D eigenvalue weighted by Gasteiger charge is -2.35. The molecule has 1 fully saturated rings. The third kappa shape index (κ3) is 4.00. The zero-order valence-electron chi connectivity index (χ0n) is 12.4. The molecule has 1 saturated carbocycles. The quantitative estimate of drug-likeness (QED) is 0.794. The van der Waals surface area contributed by atoms with Gasteiger partial charge in [0.15, 0.2) is 0 Å². The van der Waals surface area contributed by atoms with Gasteiger partial charge >= 0.3 is 0 Å². The molecule has 1 aromatic carbocycles. The topological polar surface area (TPSA) is 26.0 Å². The van der Waals surface area contributed by atoms with E-state index >= 15 is 0 Å². The average molecular weight is 277 g/mol. The number of benzene rings is 1. The summed E-state index contributed by atoms with van der Waals surface area (Å²) in [5.74, 6) is 3.44. The monoisotopic (exact) mass is 277 g/mol. The molecule has 106 valence electrons. The van der Waals surface area contributed by atoms with Crippen molar-refractivity contribution in [2.45, 2.75) is 51.0 Å². The molecule has 0 bridgehead atoms. The summed E-state index contributed by atoms with van der Waals surface area (Å²) < 4.78 is 0. The second-order valence-corrected chi connectivity index (χ2v) is 7.54. The van der Waals surface area contributed by atoms with Crippen molar-refractivity contribution in [2.24, 2.45) is 23.5 Å². The fourth-order valence-electron chi connectivity index (χ4n) is 3.53. The van der Waals surface area contributed by atoms with Gasteiger partial charge in [-0.2, -0.15) is 0 Å². The Labute approximate surface area is 122 Å². The molecule has 0 radical (unpaired) electrons. The van der Waals surface area contributed by atoms with Crippen LogP contribution in [0, 0.1) is 17.8 Å². The Balaban J connectivity index is 2.03. The molecule has 0 aliphatic heterocycles. The summed E-state index contributed by atoms with van der Waals surface area (Å²) >= 11 is 1.89. The van der Waals surface area contributed by atoms with Crippen LogP contribution < -0.4 is 5.73 Å². The summed E-state index contributed by atoms with van der Waals surface area (Å²) in [6.45, 7) is 6.93. The normalized spacial score (nSPS) is 29.2. The van der Waals surface area contributed by atoms with Crippen LogP contribution in [-0.2, 0) is 0 Å². The van der Waals surface area contributed by atoms with Crippen molar-refractivity contribution < 1.29 is 0 Å².